The summed E-state index contributed by atoms with van der Waals surface area (Å²) in [6.45, 7) is 6.48. The van der Waals surface area contributed by atoms with Crippen molar-refractivity contribution in [3.05, 3.63) is 57.7 Å². The normalized spacial score (nSPS) is 11.7. The lowest BCUT2D eigenvalue weighted by atomic mass is 10.1. The summed E-state index contributed by atoms with van der Waals surface area (Å²) in [5.41, 5.74) is 0.875. The Morgan fingerprint density at radius 3 is 2.40 bits per heavy atom. The van der Waals surface area contributed by atoms with Gasteiger partial charge in [0.15, 0.2) is 6.61 Å². The van der Waals surface area contributed by atoms with E-state index in [0.717, 1.165) is 9.13 Å². The molecule has 0 fully saturated rings. The number of halogens is 1. The zero-order valence-electron chi connectivity index (χ0n) is 17.9. The van der Waals surface area contributed by atoms with Gasteiger partial charge in [-0.15, -0.1) is 0 Å². The van der Waals surface area contributed by atoms with Gasteiger partial charge >= 0.3 is 0 Å². The van der Waals surface area contributed by atoms with Crippen molar-refractivity contribution in [1.82, 2.24) is 10.2 Å². The van der Waals surface area contributed by atoms with E-state index in [1.54, 1.807) is 14.0 Å². The third kappa shape index (κ3) is 7.51. The Morgan fingerprint density at radius 2 is 1.77 bits per heavy atom. The number of amides is 2. The Kier molecular flexibility index (Phi) is 9.42. The van der Waals surface area contributed by atoms with Gasteiger partial charge in [0.2, 0.25) is 5.91 Å². The lowest BCUT2D eigenvalue weighted by molar-refractivity contribution is -0.142. The molecule has 6 nitrogen and oxygen atoms in total. The highest BCUT2D eigenvalue weighted by molar-refractivity contribution is 14.1. The van der Waals surface area contributed by atoms with E-state index in [4.69, 9.17) is 9.47 Å². The van der Waals surface area contributed by atoms with Crippen LogP contribution in [0.5, 0.6) is 11.5 Å². The number of hydrogen-bond acceptors (Lipinski definition) is 4. The number of nitrogens with zero attached hydrogens (tertiary/aromatic N) is 1. The quantitative estimate of drug-likeness (QED) is 0.480. The summed E-state index contributed by atoms with van der Waals surface area (Å²) >= 11 is 2.21. The average molecular weight is 524 g/mol. The molecule has 1 atom stereocenters. The van der Waals surface area contributed by atoms with E-state index < -0.39 is 6.04 Å². The molecule has 2 amide bonds. The van der Waals surface area contributed by atoms with Gasteiger partial charge in [-0.25, -0.2) is 0 Å². The standard InChI is InChI=1S/C23H29IN2O4/c1-16(2)13-25-23(28)17(3)26(14-18-6-5-7-21(12-18)29-4)22(27)15-30-20-10-8-19(24)9-11-20/h5-12,16-17H,13-15H2,1-4H3,(H,25,28). The highest BCUT2D eigenvalue weighted by Crippen LogP contribution is 2.17. The molecule has 162 valence electrons. The second kappa shape index (κ2) is 11.8. The summed E-state index contributed by atoms with van der Waals surface area (Å²) < 4.78 is 12.0. The van der Waals surface area contributed by atoms with Crippen LogP contribution in [0, 0.1) is 9.49 Å². The van der Waals surface area contributed by atoms with Crippen molar-refractivity contribution in [2.45, 2.75) is 33.4 Å². The van der Waals surface area contributed by atoms with Crippen LogP contribution in [0.3, 0.4) is 0 Å². The fourth-order valence-corrected chi connectivity index (χ4v) is 3.12. The first-order valence-corrected chi connectivity index (χ1v) is 11.0. The van der Waals surface area contributed by atoms with Crippen LogP contribution >= 0.6 is 22.6 Å². The van der Waals surface area contributed by atoms with Gasteiger partial charge in [-0.1, -0.05) is 26.0 Å². The van der Waals surface area contributed by atoms with E-state index in [1.807, 2.05) is 62.4 Å². The fraction of sp³-hybridized carbons (Fsp3) is 0.391. The number of carbonyl (C=O) groups excluding carboxylic acids is 2. The van der Waals surface area contributed by atoms with Gasteiger partial charge in [0.1, 0.15) is 17.5 Å². The summed E-state index contributed by atoms with van der Waals surface area (Å²) in [6.07, 6.45) is 0. The predicted octanol–water partition coefficient (Wildman–Crippen LogP) is 3.87. The number of methoxy groups -OCH3 is 1. The topological polar surface area (TPSA) is 67.9 Å². The summed E-state index contributed by atoms with van der Waals surface area (Å²) in [6, 6.07) is 14.3. The number of hydrogen-bond donors (Lipinski definition) is 1. The van der Waals surface area contributed by atoms with E-state index in [0.29, 0.717) is 24.0 Å². The average Bonchev–Trinajstić information content (AvgIpc) is 2.74. The minimum atomic E-state index is -0.636. The molecule has 1 N–H and O–H groups in total. The Morgan fingerprint density at radius 1 is 1.07 bits per heavy atom. The molecule has 0 heterocycles. The lowest BCUT2D eigenvalue weighted by Gasteiger charge is -2.29. The Bertz CT molecular complexity index is 839. The van der Waals surface area contributed by atoms with Crippen molar-refractivity contribution in [2.24, 2.45) is 5.92 Å². The fourth-order valence-electron chi connectivity index (χ4n) is 2.76. The maximum atomic E-state index is 13.0. The maximum absolute atomic E-state index is 13.0. The Balaban J connectivity index is 2.14. The van der Waals surface area contributed by atoms with Gasteiger partial charge in [0.25, 0.3) is 5.91 Å². The minimum Gasteiger partial charge on any atom is -0.497 e. The summed E-state index contributed by atoms with van der Waals surface area (Å²) in [5, 5.41) is 2.91. The van der Waals surface area contributed by atoms with Crippen molar-refractivity contribution in [3.63, 3.8) is 0 Å². The first-order chi connectivity index (χ1) is 14.3. The van der Waals surface area contributed by atoms with Crippen molar-refractivity contribution >= 4 is 34.4 Å². The molecule has 7 heteroatoms. The number of benzene rings is 2. The molecule has 0 aliphatic rings. The van der Waals surface area contributed by atoms with Crippen molar-refractivity contribution in [3.8, 4) is 11.5 Å². The molecule has 2 aromatic rings. The highest BCUT2D eigenvalue weighted by Gasteiger charge is 2.26. The van der Waals surface area contributed by atoms with Gasteiger partial charge in [-0.2, -0.15) is 0 Å². The Labute approximate surface area is 192 Å². The van der Waals surface area contributed by atoms with Crippen LogP contribution in [0.4, 0.5) is 0 Å². The highest BCUT2D eigenvalue weighted by atomic mass is 127. The van der Waals surface area contributed by atoms with Gasteiger partial charge in [0.05, 0.1) is 7.11 Å². The predicted molar refractivity (Wildman–Crippen MR) is 126 cm³/mol. The molecule has 0 spiro atoms. The second-order valence-electron chi connectivity index (χ2n) is 7.43. The van der Waals surface area contributed by atoms with Crippen LogP contribution in [0.15, 0.2) is 48.5 Å². The largest absolute Gasteiger partial charge is 0.497 e. The summed E-state index contributed by atoms with van der Waals surface area (Å²) in [4.78, 5) is 27.2. The summed E-state index contributed by atoms with van der Waals surface area (Å²) in [7, 11) is 1.60. The molecule has 0 aliphatic heterocycles. The van der Waals surface area contributed by atoms with Gasteiger partial charge in [-0.3, -0.25) is 9.59 Å². The van der Waals surface area contributed by atoms with Crippen molar-refractivity contribution in [2.75, 3.05) is 20.3 Å². The van der Waals surface area contributed by atoms with Crippen LogP contribution in [0.25, 0.3) is 0 Å². The van der Waals surface area contributed by atoms with E-state index in [2.05, 4.69) is 27.9 Å². The lowest BCUT2D eigenvalue weighted by Crippen LogP contribution is -2.49. The number of ether oxygens (including phenoxy) is 2. The number of nitrogens with one attached hydrogen (secondary N) is 1. The van der Waals surface area contributed by atoms with Crippen LogP contribution in [-0.4, -0.2) is 43.0 Å². The molecule has 0 bridgehead atoms. The van der Waals surface area contributed by atoms with Crippen LogP contribution in [0.2, 0.25) is 0 Å². The van der Waals surface area contributed by atoms with Crippen LogP contribution in [-0.2, 0) is 16.1 Å². The molecule has 0 radical (unpaired) electrons. The SMILES string of the molecule is COc1cccc(CN(C(=O)COc2ccc(I)cc2)C(C)C(=O)NCC(C)C)c1. The Hall–Kier alpha value is -2.29. The number of carbonyl (C=O) groups is 2. The third-order valence-corrected chi connectivity index (χ3v) is 5.23. The van der Waals surface area contributed by atoms with Gasteiger partial charge in [0, 0.05) is 16.7 Å². The molecule has 1 unspecified atom stereocenters. The molecule has 2 rings (SSSR count). The third-order valence-electron chi connectivity index (χ3n) is 4.51. The zero-order chi connectivity index (χ0) is 22.1. The zero-order valence-corrected chi connectivity index (χ0v) is 20.0. The molecule has 0 aromatic heterocycles. The molecular weight excluding hydrogens is 495 g/mol. The van der Waals surface area contributed by atoms with E-state index in [-0.39, 0.29) is 25.0 Å². The number of rotatable bonds is 10. The van der Waals surface area contributed by atoms with E-state index in [1.165, 1.54) is 4.90 Å². The molecule has 0 saturated carbocycles. The molecular formula is C23H29IN2O4. The first kappa shape index (κ1) is 24.0. The summed E-state index contributed by atoms with van der Waals surface area (Å²) in [5.74, 6) is 1.19. The molecule has 0 aliphatic carbocycles. The minimum absolute atomic E-state index is 0.146. The monoisotopic (exact) mass is 524 g/mol. The van der Waals surface area contributed by atoms with Gasteiger partial charge < -0.3 is 19.7 Å². The van der Waals surface area contributed by atoms with Gasteiger partial charge in [-0.05, 0) is 77.4 Å². The van der Waals surface area contributed by atoms with Crippen molar-refractivity contribution in [1.29, 1.82) is 0 Å². The van der Waals surface area contributed by atoms with E-state index in [9.17, 15) is 9.59 Å². The van der Waals surface area contributed by atoms with Crippen molar-refractivity contribution < 1.29 is 19.1 Å². The van der Waals surface area contributed by atoms with E-state index >= 15 is 0 Å². The van der Waals surface area contributed by atoms with Crippen LogP contribution in [0.1, 0.15) is 26.3 Å². The smallest absolute Gasteiger partial charge is 0.261 e. The molecule has 30 heavy (non-hydrogen) atoms. The maximum Gasteiger partial charge on any atom is 0.261 e. The molecule has 0 saturated heterocycles. The second-order valence-corrected chi connectivity index (χ2v) is 8.68. The van der Waals surface area contributed by atoms with Crippen LogP contribution < -0.4 is 14.8 Å². The molecule has 2 aromatic carbocycles. The first-order valence-electron chi connectivity index (χ1n) is 9.88.